The molecule has 6 rings (SSSR count). The Morgan fingerprint density at radius 2 is 1.82 bits per heavy atom. The van der Waals surface area contributed by atoms with Gasteiger partial charge in [-0.05, 0) is 89.9 Å². The standard InChI is InChI=1S/C26H20F2N2O3.H2/c1-15-2-5-19(14-20(15)16-3-6-21-17(12-16)8-11-29-21)30-24(31)25(9-10-25)18-4-7-22-23(13-18)33-26(27,28)32-22;/h2-8,11-14,29H,9-10H2,1H3,(H,30,31);1H. The van der Waals surface area contributed by atoms with Gasteiger partial charge in [0.1, 0.15) is 0 Å². The van der Waals surface area contributed by atoms with Gasteiger partial charge in [0.25, 0.3) is 0 Å². The average Bonchev–Trinajstić information content (AvgIpc) is 3.35. The van der Waals surface area contributed by atoms with E-state index in [0.29, 0.717) is 24.1 Å². The molecule has 1 aliphatic carbocycles. The Morgan fingerprint density at radius 3 is 2.64 bits per heavy atom. The Hall–Kier alpha value is -3.87. The maximum absolute atomic E-state index is 13.4. The summed E-state index contributed by atoms with van der Waals surface area (Å²) in [6, 6.07) is 18.6. The smallest absolute Gasteiger partial charge is 0.395 e. The predicted molar refractivity (Wildman–Crippen MR) is 123 cm³/mol. The lowest BCUT2D eigenvalue weighted by Crippen LogP contribution is -2.28. The quantitative estimate of drug-likeness (QED) is 0.381. The largest absolute Gasteiger partial charge is 0.586 e. The van der Waals surface area contributed by atoms with Crippen LogP contribution in [0.25, 0.3) is 22.0 Å². The number of fused-ring (bicyclic) bond motifs is 2. The number of aromatic nitrogens is 1. The van der Waals surface area contributed by atoms with E-state index in [-0.39, 0.29) is 18.8 Å². The number of carbonyl (C=O) groups is 1. The molecule has 2 N–H and O–H groups in total. The molecule has 168 valence electrons. The number of nitrogens with one attached hydrogen (secondary N) is 2. The number of alkyl halides is 2. The number of rotatable bonds is 4. The molecule has 0 spiro atoms. The zero-order valence-electron chi connectivity index (χ0n) is 17.7. The van der Waals surface area contributed by atoms with Crippen molar-refractivity contribution in [2.45, 2.75) is 31.5 Å². The van der Waals surface area contributed by atoms with E-state index in [9.17, 15) is 13.6 Å². The van der Waals surface area contributed by atoms with Crippen molar-refractivity contribution in [3.8, 4) is 22.6 Å². The fourth-order valence-corrected chi connectivity index (χ4v) is 4.50. The van der Waals surface area contributed by atoms with Gasteiger partial charge in [-0.3, -0.25) is 4.79 Å². The Morgan fingerprint density at radius 1 is 1.00 bits per heavy atom. The van der Waals surface area contributed by atoms with Crippen molar-refractivity contribution >= 4 is 22.5 Å². The molecule has 7 heteroatoms. The maximum Gasteiger partial charge on any atom is 0.586 e. The van der Waals surface area contributed by atoms with Crippen LogP contribution in [-0.2, 0) is 10.2 Å². The normalized spacial score (nSPS) is 17.2. The van der Waals surface area contributed by atoms with Crippen molar-refractivity contribution in [1.82, 2.24) is 4.98 Å². The number of amides is 1. The van der Waals surface area contributed by atoms with E-state index in [1.165, 1.54) is 12.1 Å². The van der Waals surface area contributed by atoms with Crippen LogP contribution in [0.1, 0.15) is 25.4 Å². The molecule has 0 unspecified atom stereocenters. The molecule has 0 saturated heterocycles. The zero-order valence-corrected chi connectivity index (χ0v) is 17.7. The molecule has 33 heavy (non-hydrogen) atoms. The van der Waals surface area contributed by atoms with Gasteiger partial charge in [-0.2, -0.15) is 0 Å². The molecular formula is C26H22F2N2O3. The van der Waals surface area contributed by atoms with Crippen LogP contribution < -0.4 is 14.8 Å². The molecule has 1 saturated carbocycles. The summed E-state index contributed by atoms with van der Waals surface area (Å²) < 4.78 is 35.8. The monoisotopic (exact) mass is 448 g/mol. The first-order chi connectivity index (χ1) is 15.8. The third-order valence-corrected chi connectivity index (χ3v) is 6.50. The van der Waals surface area contributed by atoms with Crippen LogP contribution in [0, 0.1) is 6.92 Å². The molecule has 2 aliphatic rings. The topological polar surface area (TPSA) is 63.4 Å². The van der Waals surface area contributed by atoms with E-state index in [4.69, 9.17) is 0 Å². The van der Waals surface area contributed by atoms with Crippen molar-refractivity contribution in [2.24, 2.45) is 0 Å². The van der Waals surface area contributed by atoms with Crippen molar-refractivity contribution in [2.75, 3.05) is 5.32 Å². The molecule has 0 atom stereocenters. The summed E-state index contributed by atoms with van der Waals surface area (Å²) in [5.74, 6) is -0.235. The first kappa shape index (κ1) is 19.8. The number of carbonyl (C=O) groups excluding carboxylic acids is 1. The van der Waals surface area contributed by atoms with Crippen molar-refractivity contribution < 1.29 is 24.5 Å². The molecule has 0 bridgehead atoms. The van der Waals surface area contributed by atoms with Crippen molar-refractivity contribution in [1.29, 1.82) is 0 Å². The van der Waals surface area contributed by atoms with Crippen LogP contribution in [0.2, 0.25) is 0 Å². The Bertz CT molecular complexity index is 1430. The highest BCUT2D eigenvalue weighted by molar-refractivity contribution is 6.02. The highest BCUT2D eigenvalue weighted by Gasteiger charge is 2.52. The van der Waals surface area contributed by atoms with Gasteiger partial charge in [0.2, 0.25) is 5.91 Å². The van der Waals surface area contributed by atoms with Crippen LogP contribution in [0.3, 0.4) is 0 Å². The van der Waals surface area contributed by atoms with Crippen molar-refractivity contribution in [3.05, 3.63) is 78.0 Å². The van der Waals surface area contributed by atoms with E-state index in [1.807, 2.05) is 43.5 Å². The summed E-state index contributed by atoms with van der Waals surface area (Å²) in [6.45, 7) is 2.03. The third kappa shape index (κ3) is 3.31. The predicted octanol–water partition coefficient (Wildman–Crippen LogP) is 6.38. The lowest BCUT2D eigenvalue weighted by Gasteiger charge is -2.17. The molecule has 1 aliphatic heterocycles. The molecule has 5 nitrogen and oxygen atoms in total. The van der Waals surface area contributed by atoms with Gasteiger partial charge in [-0.25, -0.2) is 0 Å². The van der Waals surface area contributed by atoms with Crippen LogP contribution >= 0.6 is 0 Å². The molecular weight excluding hydrogens is 426 g/mol. The number of anilines is 1. The lowest BCUT2D eigenvalue weighted by molar-refractivity contribution is -0.286. The van der Waals surface area contributed by atoms with Crippen molar-refractivity contribution in [3.63, 3.8) is 0 Å². The second-order valence-corrected chi connectivity index (χ2v) is 8.67. The minimum atomic E-state index is -3.68. The summed E-state index contributed by atoms with van der Waals surface area (Å²) in [5, 5.41) is 4.15. The molecule has 2 heterocycles. The number of aryl methyl sites for hydroxylation is 1. The average molecular weight is 448 g/mol. The molecule has 1 aromatic heterocycles. The second kappa shape index (κ2) is 6.81. The summed E-state index contributed by atoms with van der Waals surface area (Å²) in [5.41, 5.74) is 4.84. The van der Waals surface area contributed by atoms with Gasteiger partial charge in [0.15, 0.2) is 11.5 Å². The summed E-state index contributed by atoms with van der Waals surface area (Å²) in [4.78, 5) is 16.5. The van der Waals surface area contributed by atoms with Gasteiger partial charge >= 0.3 is 6.29 Å². The van der Waals surface area contributed by atoms with E-state index < -0.39 is 11.7 Å². The summed E-state index contributed by atoms with van der Waals surface area (Å²) in [7, 11) is 0. The van der Waals surface area contributed by atoms with E-state index in [1.54, 1.807) is 6.07 Å². The number of hydrogen-bond acceptors (Lipinski definition) is 3. The van der Waals surface area contributed by atoms with E-state index in [0.717, 1.165) is 27.6 Å². The fraction of sp³-hybridized carbons (Fsp3) is 0.192. The third-order valence-electron chi connectivity index (χ3n) is 6.50. The Kier molecular flexibility index (Phi) is 4.08. The molecule has 1 amide bonds. The summed E-state index contributed by atoms with van der Waals surface area (Å²) >= 11 is 0. The first-order valence-electron chi connectivity index (χ1n) is 10.7. The minimum absolute atomic E-state index is 0. The molecule has 4 aromatic rings. The number of halogens is 2. The number of aromatic amines is 1. The summed E-state index contributed by atoms with van der Waals surface area (Å²) in [6.07, 6.45) is -0.499. The highest BCUT2D eigenvalue weighted by Crippen LogP contribution is 2.52. The Labute approximate surface area is 189 Å². The van der Waals surface area contributed by atoms with Crippen LogP contribution in [0.5, 0.6) is 11.5 Å². The molecule has 1 fully saturated rings. The van der Waals surface area contributed by atoms with Gasteiger partial charge in [-0.1, -0.05) is 18.2 Å². The van der Waals surface area contributed by atoms with Gasteiger partial charge < -0.3 is 19.8 Å². The van der Waals surface area contributed by atoms with Gasteiger partial charge in [-0.15, -0.1) is 8.78 Å². The van der Waals surface area contributed by atoms with Gasteiger partial charge in [0.05, 0.1) is 5.41 Å². The first-order valence-corrected chi connectivity index (χ1v) is 10.7. The molecule has 0 radical (unpaired) electrons. The number of ether oxygens (including phenoxy) is 2. The second-order valence-electron chi connectivity index (χ2n) is 8.67. The maximum atomic E-state index is 13.4. The number of hydrogen-bond donors (Lipinski definition) is 2. The highest BCUT2D eigenvalue weighted by atomic mass is 19.3. The fourth-order valence-electron chi connectivity index (χ4n) is 4.50. The van der Waals surface area contributed by atoms with Crippen LogP contribution in [0.4, 0.5) is 14.5 Å². The zero-order chi connectivity index (χ0) is 22.8. The van der Waals surface area contributed by atoms with E-state index in [2.05, 4.69) is 31.9 Å². The van der Waals surface area contributed by atoms with E-state index >= 15 is 0 Å². The Balaban J connectivity index is 0.00000241. The van der Waals surface area contributed by atoms with Crippen LogP contribution in [-0.4, -0.2) is 17.2 Å². The van der Waals surface area contributed by atoms with Crippen LogP contribution in [0.15, 0.2) is 66.9 Å². The minimum Gasteiger partial charge on any atom is -0.395 e. The number of benzene rings is 3. The number of H-pyrrole nitrogens is 1. The van der Waals surface area contributed by atoms with Gasteiger partial charge in [0, 0.05) is 18.8 Å². The lowest BCUT2D eigenvalue weighted by atomic mass is 9.94. The SMILES string of the molecule is Cc1ccc(NC(=O)C2(c3ccc4c(c3)OC(F)(F)O4)CC2)cc1-c1ccc2[nH]ccc2c1.[HH]. The molecule has 3 aromatic carbocycles.